The zero-order valence-electron chi connectivity index (χ0n) is 13.2. The van der Waals surface area contributed by atoms with E-state index in [-0.39, 0.29) is 5.91 Å². The number of rotatable bonds is 5. The molecule has 3 N–H and O–H groups in total. The smallest absolute Gasteiger partial charge is 0.241 e. The van der Waals surface area contributed by atoms with Crippen LogP contribution in [0.1, 0.15) is 30.2 Å². The van der Waals surface area contributed by atoms with Crippen LogP contribution in [-0.2, 0) is 11.2 Å². The maximum absolute atomic E-state index is 12.3. The van der Waals surface area contributed by atoms with Crippen molar-refractivity contribution in [3.8, 4) is 0 Å². The molecule has 1 fully saturated rings. The number of oxazole rings is 1. The van der Waals surface area contributed by atoms with Crippen LogP contribution in [-0.4, -0.2) is 16.9 Å². The Kier molecular flexibility index (Phi) is 3.78. The van der Waals surface area contributed by atoms with E-state index in [0.29, 0.717) is 18.0 Å². The number of benzene rings is 2. The maximum Gasteiger partial charge on any atom is 0.241 e. The van der Waals surface area contributed by atoms with Gasteiger partial charge in [-0.2, -0.15) is 0 Å². The molecule has 1 atom stereocenters. The number of carbonyl (C=O) groups excluding carboxylic acids is 1. The summed E-state index contributed by atoms with van der Waals surface area (Å²) in [6.45, 7) is 0. The highest BCUT2D eigenvalue weighted by atomic mass is 16.3. The predicted molar refractivity (Wildman–Crippen MR) is 92.7 cm³/mol. The van der Waals surface area contributed by atoms with Crippen LogP contribution < -0.4 is 11.1 Å². The number of carbonyl (C=O) groups is 1. The van der Waals surface area contributed by atoms with E-state index in [1.807, 2.05) is 48.5 Å². The Morgan fingerprint density at radius 2 is 2.04 bits per heavy atom. The van der Waals surface area contributed by atoms with Gasteiger partial charge < -0.3 is 15.5 Å². The molecule has 0 spiro atoms. The van der Waals surface area contributed by atoms with Gasteiger partial charge in [0, 0.05) is 11.6 Å². The third kappa shape index (κ3) is 3.16. The number of anilines is 1. The topological polar surface area (TPSA) is 81.2 Å². The minimum absolute atomic E-state index is 0.205. The molecule has 5 heteroatoms. The molecule has 1 unspecified atom stereocenters. The number of nitrogens with two attached hydrogens (primary N) is 1. The van der Waals surface area contributed by atoms with Crippen LogP contribution in [0.4, 0.5) is 5.69 Å². The molecule has 0 radical (unpaired) electrons. The van der Waals surface area contributed by atoms with E-state index in [9.17, 15) is 4.79 Å². The number of fused-ring (bicyclic) bond motifs is 1. The maximum atomic E-state index is 12.3. The second-order valence-corrected chi connectivity index (χ2v) is 6.29. The van der Waals surface area contributed by atoms with Crippen LogP contribution in [0.3, 0.4) is 0 Å². The summed E-state index contributed by atoms with van der Waals surface area (Å²) in [6.07, 6.45) is 2.79. The van der Waals surface area contributed by atoms with E-state index in [4.69, 9.17) is 10.2 Å². The van der Waals surface area contributed by atoms with Gasteiger partial charge in [0.05, 0.1) is 6.04 Å². The summed E-state index contributed by atoms with van der Waals surface area (Å²) in [5.74, 6) is 1.06. The predicted octanol–water partition coefficient (Wildman–Crippen LogP) is 3.21. The average molecular weight is 321 g/mol. The molecule has 0 aliphatic heterocycles. The molecule has 1 saturated carbocycles. The highest BCUT2D eigenvalue weighted by Crippen LogP contribution is 2.40. The average Bonchev–Trinajstić information content (AvgIpc) is 3.35. The van der Waals surface area contributed by atoms with Gasteiger partial charge in [0.25, 0.3) is 0 Å². The van der Waals surface area contributed by atoms with Crippen molar-refractivity contribution in [1.82, 2.24) is 4.98 Å². The minimum atomic E-state index is -0.595. The van der Waals surface area contributed by atoms with Gasteiger partial charge in [-0.15, -0.1) is 0 Å². The zero-order chi connectivity index (χ0) is 16.5. The number of hydrogen-bond acceptors (Lipinski definition) is 4. The normalized spacial score (nSPS) is 15.4. The molecule has 1 amide bonds. The lowest BCUT2D eigenvalue weighted by molar-refractivity contribution is -0.117. The Morgan fingerprint density at radius 3 is 2.79 bits per heavy atom. The Morgan fingerprint density at radius 1 is 1.25 bits per heavy atom. The van der Waals surface area contributed by atoms with Gasteiger partial charge in [-0.05, 0) is 43.0 Å². The summed E-state index contributed by atoms with van der Waals surface area (Å²) in [5, 5.41) is 2.86. The van der Waals surface area contributed by atoms with Crippen molar-refractivity contribution in [2.75, 3.05) is 5.32 Å². The van der Waals surface area contributed by atoms with E-state index >= 15 is 0 Å². The highest BCUT2D eigenvalue weighted by molar-refractivity contribution is 5.96. The van der Waals surface area contributed by atoms with Crippen molar-refractivity contribution in [3.63, 3.8) is 0 Å². The zero-order valence-corrected chi connectivity index (χ0v) is 13.2. The molecule has 3 aromatic rings. The quantitative estimate of drug-likeness (QED) is 0.756. The van der Waals surface area contributed by atoms with Crippen LogP contribution in [0.15, 0.2) is 52.9 Å². The summed E-state index contributed by atoms with van der Waals surface area (Å²) in [4.78, 5) is 16.8. The number of hydrogen-bond donors (Lipinski definition) is 2. The van der Waals surface area contributed by atoms with Crippen LogP contribution in [0, 0.1) is 0 Å². The first-order chi connectivity index (χ1) is 11.7. The Hall–Kier alpha value is -2.66. The van der Waals surface area contributed by atoms with E-state index in [0.717, 1.165) is 35.4 Å². The van der Waals surface area contributed by atoms with Gasteiger partial charge in [-0.1, -0.05) is 30.3 Å². The first kappa shape index (κ1) is 14.9. The van der Waals surface area contributed by atoms with Crippen molar-refractivity contribution < 1.29 is 9.21 Å². The van der Waals surface area contributed by atoms with Gasteiger partial charge in [-0.3, -0.25) is 4.79 Å². The molecule has 5 nitrogen and oxygen atoms in total. The fraction of sp³-hybridized carbons (Fsp3) is 0.263. The summed E-state index contributed by atoms with van der Waals surface area (Å²) >= 11 is 0. The number of nitrogens with zero attached hydrogens (tertiary/aromatic N) is 1. The van der Waals surface area contributed by atoms with Crippen LogP contribution >= 0.6 is 0 Å². The van der Waals surface area contributed by atoms with Gasteiger partial charge in [-0.25, -0.2) is 4.98 Å². The Bertz CT molecular complexity index is 869. The number of aromatic nitrogens is 1. The first-order valence-corrected chi connectivity index (χ1v) is 8.20. The lowest BCUT2D eigenvalue weighted by Crippen LogP contribution is -2.37. The molecule has 2 aromatic carbocycles. The van der Waals surface area contributed by atoms with Crippen molar-refractivity contribution in [3.05, 3.63) is 60.0 Å². The fourth-order valence-corrected chi connectivity index (χ4v) is 2.72. The molecule has 1 aliphatic rings. The number of amides is 1. The van der Waals surface area contributed by atoms with E-state index < -0.39 is 6.04 Å². The third-order valence-corrected chi connectivity index (χ3v) is 4.23. The summed E-state index contributed by atoms with van der Waals surface area (Å²) in [6, 6.07) is 14.6. The van der Waals surface area contributed by atoms with Gasteiger partial charge >= 0.3 is 0 Å². The van der Waals surface area contributed by atoms with Crippen molar-refractivity contribution in [2.45, 2.75) is 31.2 Å². The van der Waals surface area contributed by atoms with Crippen LogP contribution in [0.5, 0.6) is 0 Å². The SMILES string of the molecule is NC(Cc1ccccc1)C(=O)Nc1ccc2oc(C3CC3)nc2c1. The van der Waals surface area contributed by atoms with Crippen molar-refractivity contribution >= 4 is 22.7 Å². The first-order valence-electron chi connectivity index (χ1n) is 8.20. The molecule has 1 aromatic heterocycles. The van der Waals surface area contributed by atoms with Crippen LogP contribution in [0.25, 0.3) is 11.1 Å². The second kappa shape index (κ2) is 6.09. The molecule has 0 saturated heterocycles. The molecule has 1 heterocycles. The lowest BCUT2D eigenvalue weighted by atomic mass is 10.1. The Balaban J connectivity index is 1.45. The summed E-state index contributed by atoms with van der Waals surface area (Å²) in [7, 11) is 0. The van der Waals surface area contributed by atoms with E-state index in [1.165, 1.54) is 0 Å². The third-order valence-electron chi connectivity index (χ3n) is 4.23. The van der Waals surface area contributed by atoms with Gasteiger partial charge in [0.2, 0.25) is 5.91 Å². The molecular formula is C19H19N3O2. The fourth-order valence-electron chi connectivity index (χ4n) is 2.72. The molecule has 24 heavy (non-hydrogen) atoms. The number of nitrogens with one attached hydrogen (secondary N) is 1. The van der Waals surface area contributed by atoms with Crippen molar-refractivity contribution in [1.29, 1.82) is 0 Å². The van der Waals surface area contributed by atoms with Gasteiger partial charge in [0.15, 0.2) is 11.5 Å². The van der Waals surface area contributed by atoms with Crippen molar-refractivity contribution in [2.24, 2.45) is 5.73 Å². The summed E-state index contributed by atoms with van der Waals surface area (Å²) < 4.78 is 5.73. The molecule has 1 aliphatic carbocycles. The Labute approximate surface area is 139 Å². The second-order valence-electron chi connectivity index (χ2n) is 6.29. The van der Waals surface area contributed by atoms with Crippen LogP contribution in [0.2, 0.25) is 0 Å². The molecule has 4 rings (SSSR count). The monoisotopic (exact) mass is 321 g/mol. The molecule has 122 valence electrons. The largest absolute Gasteiger partial charge is 0.440 e. The van der Waals surface area contributed by atoms with Gasteiger partial charge in [0.1, 0.15) is 5.52 Å². The highest BCUT2D eigenvalue weighted by Gasteiger charge is 2.28. The lowest BCUT2D eigenvalue weighted by Gasteiger charge is -2.12. The molecular weight excluding hydrogens is 302 g/mol. The summed E-state index contributed by atoms with van der Waals surface area (Å²) in [5.41, 5.74) is 9.27. The standard InChI is InChI=1S/C19H19N3O2/c20-15(10-12-4-2-1-3-5-12)18(23)21-14-8-9-17-16(11-14)22-19(24-17)13-6-7-13/h1-5,8-9,11,13,15H,6-7,10,20H2,(H,21,23). The van der Waals surface area contributed by atoms with E-state index in [2.05, 4.69) is 10.3 Å². The van der Waals surface area contributed by atoms with E-state index in [1.54, 1.807) is 0 Å². The molecule has 0 bridgehead atoms. The minimum Gasteiger partial charge on any atom is -0.440 e.